The van der Waals surface area contributed by atoms with Gasteiger partial charge in [-0.3, -0.25) is 9.69 Å². The highest BCUT2D eigenvalue weighted by Crippen LogP contribution is 2.26. The van der Waals surface area contributed by atoms with Crippen molar-refractivity contribution in [1.82, 2.24) is 4.90 Å². The number of rotatable bonds is 4. The maximum absolute atomic E-state index is 11.3. The number of carbonyl (C=O) groups is 1. The molecule has 4 heteroatoms. The first kappa shape index (κ1) is 11.5. The minimum Gasteiger partial charge on any atom is -0.480 e. The largest absolute Gasteiger partial charge is 0.480 e. The molecule has 0 bridgehead atoms. The molecule has 1 aliphatic heterocycles. The maximum Gasteiger partial charge on any atom is 0.326 e. The van der Waals surface area contributed by atoms with Crippen molar-refractivity contribution in [2.75, 3.05) is 20.2 Å². The van der Waals surface area contributed by atoms with Crippen molar-refractivity contribution in [2.24, 2.45) is 0 Å². The van der Waals surface area contributed by atoms with E-state index in [1.54, 1.807) is 14.0 Å². The van der Waals surface area contributed by atoms with Gasteiger partial charge in [0.1, 0.15) is 5.54 Å². The third-order valence-corrected chi connectivity index (χ3v) is 3.34. The smallest absolute Gasteiger partial charge is 0.326 e. The summed E-state index contributed by atoms with van der Waals surface area (Å²) in [5.74, 6) is -0.797. The summed E-state index contributed by atoms with van der Waals surface area (Å²) >= 11 is 0. The Morgan fingerprint density at radius 3 is 2.36 bits per heavy atom. The lowest BCUT2D eigenvalue weighted by atomic mass is 9.94. The second-order valence-electron chi connectivity index (χ2n) is 4.02. The van der Waals surface area contributed by atoms with E-state index in [9.17, 15) is 9.90 Å². The summed E-state index contributed by atoms with van der Waals surface area (Å²) in [5, 5.41) is 9.27. The fourth-order valence-electron chi connectivity index (χ4n) is 1.98. The average Bonchev–Trinajstić information content (AvgIpc) is 2.68. The number of hydrogen-bond donors (Lipinski definition) is 1. The molecule has 2 unspecified atom stereocenters. The van der Waals surface area contributed by atoms with Crippen molar-refractivity contribution < 1.29 is 14.6 Å². The van der Waals surface area contributed by atoms with Crippen molar-refractivity contribution in [3.63, 3.8) is 0 Å². The predicted octanol–water partition coefficient (Wildman–Crippen LogP) is 0.960. The lowest BCUT2D eigenvalue weighted by molar-refractivity contribution is -0.158. The quantitative estimate of drug-likeness (QED) is 0.736. The summed E-state index contributed by atoms with van der Waals surface area (Å²) in [4.78, 5) is 13.3. The summed E-state index contributed by atoms with van der Waals surface area (Å²) in [6.45, 7) is 5.27. The second kappa shape index (κ2) is 4.28. The van der Waals surface area contributed by atoms with Crippen molar-refractivity contribution in [1.29, 1.82) is 0 Å². The van der Waals surface area contributed by atoms with Gasteiger partial charge in [0.15, 0.2) is 0 Å². The Kier molecular flexibility index (Phi) is 3.50. The van der Waals surface area contributed by atoms with Crippen LogP contribution >= 0.6 is 0 Å². The zero-order chi connectivity index (χ0) is 10.8. The van der Waals surface area contributed by atoms with Gasteiger partial charge in [-0.05, 0) is 39.8 Å². The molecule has 4 nitrogen and oxygen atoms in total. The van der Waals surface area contributed by atoms with E-state index >= 15 is 0 Å². The fourth-order valence-corrected chi connectivity index (χ4v) is 1.98. The van der Waals surface area contributed by atoms with E-state index < -0.39 is 11.5 Å². The van der Waals surface area contributed by atoms with Crippen LogP contribution in [0.4, 0.5) is 0 Å². The third-order valence-electron chi connectivity index (χ3n) is 3.34. The lowest BCUT2D eigenvalue weighted by Crippen LogP contribution is -2.58. The van der Waals surface area contributed by atoms with Crippen molar-refractivity contribution >= 4 is 5.97 Å². The third kappa shape index (κ3) is 1.77. The van der Waals surface area contributed by atoms with Crippen LogP contribution in [0.25, 0.3) is 0 Å². The molecular formula is C10H19NO3. The van der Waals surface area contributed by atoms with Crippen LogP contribution in [-0.4, -0.2) is 47.8 Å². The number of nitrogens with zero attached hydrogens (tertiary/aromatic N) is 1. The number of carboxylic acids is 1. The summed E-state index contributed by atoms with van der Waals surface area (Å²) in [7, 11) is 1.56. The molecule has 1 saturated heterocycles. The molecule has 0 aliphatic carbocycles. The van der Waals surface area contributed by atoms with Crippen LogP contribution in [0.2, 0.25) is 0 Å². The molecule has 1 aliphatic rings. The molecule has 1 N–H and O–H groups in total. The first-order valence-electron chi connectivity index (χ1n) is 5.04. The Labute approximate surface area is 84.8 Å². The SMILES string of the molecule is COC(C)C(C)(C(=O)O)N1CCCC1. The van der Waals surface area contributed by atoms with Gasteiger partial charge in [0.05, 0.1) is 6.10 Å². The van der Waals surface area contributed by atoms with Gasteiger partial charge in [0.25, 0.3) is 0 Å². The van der Waals surface area contributed by atoms with Gasteiger partial charge in [0, 0.05) is 7.11 Å². The summed E-state index contributed by atoms with van der Waals surface area (Å²) in [5.41, 5.74) is -0.884. The Hall–Kier alpha value is -0.610. The zero-order valence-corrected chi connectivity index (χ0v) is 9.12. The van der Waals surface area contributed by atoms with Crippen molar-refractivity contribution in [2.45, 2.75) is 38.3 Å². The topological polar surface area (TPSA) is 49.8 Å². The van der Waals surface area contributed by atoms with Crippen LogP contribution in [0.1, 0.15) is 26.7 Å². The van der Waals surface area contributed by atoms with E-state index in [-0.39, 0.29) is 6.10 Å². The zero-order valence-electron chi connectivity index (χ0n) is 9.12. The van der Waals surface area contributed by atoms with Crippen molar-refractivity contribution in [3.8, 4) is 0 Å². The van der Waals surface area contributed by atoms with Crippen LogP contribution < -0.4 is 0 Å². The van der Waals surface area contributed by atoms with Gasteiger partial charge in [-0.15, -0.1) is 0 Å². The Morgan fingerprint density at radius 1 is 1.50 bits per heavy atom. The lowest BCUT2D eigenvalue weighted by Gasteiger charge is -2.38. The highest BCUT2D eigenvalue weighted by Gasteiger charge is 2.45. The van der Waals surface area contributed by atoms with Crippen LogP contribution in [0.15, 0.2) is 0 Å². The highest BCUT2D eigenvalue weighted by atomic mass is 16.5. The number of methoxy groups -OCH3 is 1. The molecule has 0 aromatic heterocycles. The van der Waals surface area contributed by atoms with Gasteiger partial charge < -0.3 is 9.84 Å². The Morgan fingerprint density at radius 2 is 2.00 bits per heavy atom. The van der Waals surface area contributed by atoms with E-state index in [0.717, 1.165) is 25.9 Å². The standard InChI is InChI=1S/C10H19NO3/c1-8(14-3)10(2,9(12)13)11-6-4-5-7-11/h8H,4-7H2,1-3H3,(H,12,13). The van der Waals surface area contributed by atoms with Crippen LogP contribution in [0.5, 0.6) is 0 Å². The normalized spacial score (nSPS) is 24.5. The predicted molar refractivity (Wildman–Crippen MR) is 53.3 cm³/mol. The average molecular weight is 201 g/mol. The summed E-state index contributed by atoms with van der Waals surface area (Å²) < 4.78 is 5.17. The molecule has 0 saturated carbocycles. The van der Waals surface area contributed by atoms with E-state index in [1.807, 2.05) is 11.8 Å². The molecule has 0 radical (unpaired) electrons. The van der Waals surface area contributed by atoms with E-state index in [0.29, 0.717) is 0 Å². The van der Waals surface area contributed by atoms with E-state index in [4.69, 9.17) is 4.74 Å². The number of aliphatic carboxylic acids is 1. The minimum absolute atomic E-state index is 0.293. The first-order chi connectivity index (χ1) is 6.53. The fraction of sp³-hybridized carbons (Fsp3) is 0.900. The van der Waals surface area contributed by atoms with Crippen LogP contribution in [0, 0.1) is 0 Å². The van der Waals surface area contributed by atoms with Crippen molar-refractivity contribution in [3.05, 3.63) is 0 Å². The molecular weight excluding hydrogens is 182 g/mol. The van der Waals surface area contributed by atoms with Gasteiger partial charge in [-0.25, -0.2) is 0 Å². The van der Waals surface area contributed by atoms with Gasteiger partial charge in [-0.2, -0.15) is 0 Å². The number of likely N-dealkylation sites (tertiary alicyclic amines) is 1. The van der Waals surface area contributed by atoms with Crippen LogP contribution in [-0.2, 0) is 9.53 Å². The Balaban J connectivity index is 2.84. The molecule has 1 fully saturated rings. The van der Waals surface area contributed by atoms with E-state index in [2.05, 4.69) is 0 Å². The van der Waals surface area contributed by atoms with Gasteiger partial charge >= 0.3 is 5.97 Å². The summed E-state index contributed by atoms with van der Waals surface area (Å²) in [6.07, 6.45) is 1.87. The van der Waals surface area contributed by atoms with E-state index in [1.165, 1.54) is 0 Å². The molecule has 1 heterocycles. The first-order valence-corrected chi connectivity index (χ1v) is 5.04. The van der Waals surface area contributed by atoms with Crippen LogP contribution in [0.3, 0.4) is 0 Å². The molecule has 0 amide bonds. The molecule has 2 atom stereocenters. The highest BCUT2D eigenvalue weighted by molar-refractivity contribution is 5.79. The number of hydrogen-bond acceptors (Lipinski definition) is 3. The molecule has 82 valence electrons. The monoisotopic (exact) mass is 201 g/mol. The van der Waals surface area contributed by atoms with Gasteiger partial charge in [-0.1, -0.05) is 0 Å². The second-order valence-corrected chi connectivity index (χ2v) is 4.02. The molecule has 0 aromatic carbocycles. The minimum atomic E-state index is -0.884. The molecule has 0 spiro atoms. The Bertz CT molecular complexity index is 213. The molecule has 0 aromatic rings. The maximum atomic E-state index is 11.3. The number of ether oxygens (including phenoxy) is 1. The summed E-state index contributed by atoms with van der Waals surface area (Å²) in [6, 6.07) is 0. The number of carboxylic acid groups (broad SMARTS) is 1. The molecule has 1 rings (SSSR count). The van der Waals surface area contributed by atoms with Gasteiger partial charge in [0.2, 0.25) is 0 Å². The molecule has 14 heavy (non-hydrogen) atoms.